The van der Waals surface area contributed by atoms with E-state index in [0.717, 1.165) is 11.6 Å². The normalized spacial score (nSPS) is 22.5. The highest BCUT2D eigenvalue weighted by atomic mass is 19.1. The molecule has 228 valence electrons. The number of hydrogen-bond donors (Lipinski definition) is 3. The SMILES string of the molecule is CCNC(=O)Nc1ncnc2c1ncn2C1OC(CN(C)C(=O)c2c(F)cccc2C(=O)O)C2O[C@H](c3ccccc3)OC21. The smallest absolute Gasteiger partial charge is 0.336 e. The van der Waals surface area contributed by atoms with Gasteiger partial charge in [-0.25, -0.2) is 28.9 Å². The lowest BCUT2D eigenvalue weighted by molar-refractivity contribution is -0.148. The largest absolute Gasteiger partial charge is 0.478 e. The number of amides is 3. The fourth-order valence-corrected chi connectivity index (χ4v) is 5.38. The topological polar surface area (TPSA) is 170 Å². The number of carbonyl (C=O) groups excluding carboxylic acids is 2. The highest BCUT2D eigenvalue weighted by molar-refractivity contribution is 6.05. The summed E-state index contributed by atoms with van der Waals surface area (Å²) in [6, 6.07) is 12.3. The van der Waals surface area contributed by atoms with Crippen LogP contribution in [0.5, 0.6) is 0 Å². The molecule has 4 unspecified atom stereocenters. The van der Waals surface area contributed by atoms with Crippen molar-refractivity contribution in [1.82, 2.24) is 29.7 Å². The van der Waals surface area contributed by atoms with Crippen molar-refractivity contribution in [3.63, 3.8) is 0 Å². The first-order valence-corrected chi connectivity index (χ1v) is 13.8. The Hall–Kier alpha value is -4.99. The van der Waals surface area contributed by atoms with Gasteiger partial charge in [-0.1, -0.05) is 36.4 Å². The number of aromatic nitrogens is 4. The highest BCUT2D eigenvalue weighted by Gasteiger charge is 2.54. The Labute approximate surface area is 249 Å². The maximum Gasteiger partial charge on any atom is 0.336 e. The quantitative estimate of drug-likeness (QED) is 0.271. The molecule has 4 heterocycles. The molecular formula is C29H28FN7O7. The molecule has 2 aromatic heterocycles. The Balaban J connectivity index is 1.31. The summed E-state index contributed by atoms with van der Waals surface area (Å²) in [6.45, 7) is 2.12. The molecule has 14 nitrogen and oxygen atoms in total. The third-order valence-corrected chi connectivity index (χ3v) is 7.38. The average molecular weight is 606 g/mol. The number of nitrogens with zero attached hydrogens (tertiary/aromatic N) is 5. The Kier molecular flexibility index (Phi) is 7.90. The number of aromatic carboxylic acids is 1. The van der Waals surface area contributed by atoms with E-state index in [1.165, 1.54) is 36.7 Å². The first kappa shape index (κ1) is 29.1. The number of likely N-dealkylation sites (N-methyl/N-ethyl adjacent to an activating group) is 1. The number of imidazole rings is 1. The van der Waals surface area contributed by atoms with Crippen molar-refractivity contribution in [1.29, 1.82) is 0 Å². The van der Waals surface area contributed by atoms with Gasteiger partial charge in [0, 0.05) is 25.7 Å². The molecule has 0 spiro atoms. The van der Waals surface area contributed by atoms with Gasteiger partial charge in [0.2, 0.25) is 0 Å². The summed E-state index contributed by atoms with van der Waals surface area (Å²) in [6.07, 6.45) is -0.964. The highest BCUT2D eigenvalue weighted by Crippen LogP contribution is 2.45. The van der Waals surface area contributed by atoms with Crippen LogP contribution in [0.1, 0.15) is 45.7 Å². The number of nitrogens with one attached hydrogen (secondary N) is 2. The van der Waals surface area contributed by atoms with E-state index in [-0.39, 0.29) is 12.4 Å². The number of rotatable bonds is 8. The van der Waals surface area contributed by atoms with Crippen molar-refractivity contribution >= 4 is 34.9 Å². The molecule has 44 heavy (non-hydrogen) atoms. The number of carboxylic acids is 1. The zero-order valence-electron chi connectivity index (χ0n) is 23.6. The zero-order valence-corrected chi connectivity index (χ0v) is 23.6. The number of ether oxygens (including phenoxy) is 3. The maximum atomic E-state index is 14.7. The van der Waals surface area contributed by atoms with Crippen molar-refractivity contribution < 1.29 is 38.1 Å². The van der Waals surface area contributed by atoms with Crippen LogP contribution in [-0.4, -0.2) is 85.9 Å². The Bertz CT molecular complexity index is 1720. The number of fused-ring (bicyclic) bond motifs is 2. The molecule has 5 atom stereocenters. The minimum atomic E-state index is -1.42. The van der Waals surface area contributed by atoms with Gasteiger partial charge in [-0.15, -0.1) is 0 Å². The van der Waals surface area contributed by atoms with Gasteiger partial charge in [0.15, 0.2) is 29.5 Å². The van der Waals surface area contributed by atoms with Gasteiger partial charge in [0.1, 0.15) is 30.5 Å². The van der Waals surface area contributed by atoms with Crippen LogP contribution in [0.15, 0.2) is 61.2 Å². The lowest BCUT2D eigenvalue weighted by atomic mass is 10.0. The zero-order chi connectivity index (χ0) is 31.0. The third kappa shape index (κ3) is 5.32. The second-order valence-corrected chi connectivity index (χ2v) is 10.2. The van der Waals surface area contributed by atoms with Crippen LogP contribution in [0.25, 0.3) is 11.2 Å². The Morgan fingerprint density at radius 1 is 1.02 bits per heavy atom. The van der Waals surface area contributed by atoms with Crippen molar-refractivity contribution in [2.45, 2.75) is 37.8 Å². The number of carbonyl (C=O) groups is 3. The van der Waals surface area contributed by atoms with E-state index >= 15 is 0 Å². The minimum Gasteiger partial charge on any atom is -0.478 e. The Morgan fingerprint density at radius 3 is 2.55 bits per heavy atom. The van der Waals surface area contributed by atoms with E-state index < -0.39 is 65.7 Å². The van der Waals surface area contributed by atoms with E-state index in [1.54, 1.807) is 11.5 Å². The number of urea groups is 1. The monoisotopic (exact) mass is 605 g/mol. The predicted molar refractivity (Wildman–Crippen MR) is 151 cm³/mol. The molecular weight excluding hydrogens is 577 g/mol. The summed E-state index contributed by atoms with van der Waals surface area (Å²) in [5.74, 6) is -3.01. The second kappa shape index (κ2) is 11.9. The summed E-state index contributed by atoms with van der Waals surface area (Å²) in [5.41, 5.74) is 0.436. The van der Waals surface area contributed by atoms with Gasteiger partial charge in [0.25, 0.3) is 5.91 Å². The number of benzene rings is 2. The van der Waals surface area contributed by atoms with Crippen molar-refractivity contribution in [2.24, 2.45) is 0 Å². The van der Waals surface area contributed by atoms with Crippen molar-refractivity contribution in [3.05, 3.63) is 83.7 Å². The molecule has 0 saturated carbocycles. The summed E-state index contributed by atoms with van der Waals surface area (Å²) >= 11 is 0. The third-order valence-electron chi connectivity index (χ3n) is 7.38. The number of carboxylic acid groups (broad SMARTS) is 1. The van der Waals surface area contributed by atoms with E-state index in [0.29, 0.717) is 17.7 Å². The summed E-state index contributed by atoms with van der Waals surface area (Å²) in [7, 11) is 1.43. The fraction of sp³-hybridized carbons (Fsp3) is 0.310. The van der Waals surface area contributed by atoms with Gasteiger partial charge in [-0.3, -0.25) is 14.7 Å². The van der Waals surface area contributed by atoms with Crippen LogP contribution >= 0.6 is 0 Å². The van der Waals surface area contributed by atoms with Crippen LogP contribution < -0.4 is 10.6 Å². The predicted octanol–water partition coefficient (Wildman–Crippen LogP) is 2.96. The van der Waals surface area contributed by atoms with Crippen LogP contribution in [0, 0.1) is 5.82 Å². The van der Waals surface area contributed by atoms with Crippen LogP contribution in [0.4, 0.5) is 15.0 Å². The molecule has 2 saturated heterocycles. The standard InChI is InChI=1S/C29H28FN7O7/c1-3-31-29(41)35-23-20-24(33-13-32-23)37(14-34-20)26-22-21(43-28(44-22)15-8-5-4-6-9-15)18(42-26)12-36(2)25(38)19-16(27(39)40)10-7-11-17(19)30/h4-11,13-14,18,21-22,26,28H,3,12H2,1-2H3,(H,39,40)(H2,31,32,33,35,41)/t18?,21?,22?,26?,28-/m0/s1. The lowest BCUT2D eigenvalue weighted by Gasteiger charge is -2.25. The van der Waals surface area contributed by atoms with Crippen LogP contribution in [-0.2, 0) is 14.2 Å². The first-order chi connectivity index (χ1) is 21.3. The molecule has 3 amide bonds. The maximum absolute atomic E-state index is 14.7. The molecule has 2 aromatic carbocycles. The minimum absolute atomic E-state index is 0.0830. The summed E-state index contributed by atoms with van der Waals surface area (Å²) in [4.78, 5) is 51.3. The summed E-state index contributed by atoms with van der Waals surface area (Å²) < 4.78 is 35.4. The number of hydrogen-bond acceptors (Lipinski definition) is 9. The van der Waals surface area contributed by atoms with E-state index in [1.807, 2.05) is 30.3 Å². The summed E-state index contributed by atoms with van der Waals surface area (Å²) in [5, 5.41) is 14.8. The molecule has 15 heteroatoms. The first-order valence-electron chi connectivity index (χ1n) is 13.8. The fourth-order valence-electron chi connectivity index (χ4n) is 5.38. The molecule has 0 bridgehead atoms. The van der Waals surface area contributed by atoms with Gasteiger partial charge in [-0.05, 0) is 19.1 Å². The van der Waals surface area contributed by atoms with E-state index in [2.05, 4.69) is 25.6 Å². The van der Waals surface area contributed by atoms with E-state index in [9.17, 15) is 23.9 Å². The van der Waals surface area contributed by atoms with Gasteiger partial charge < -0.3 is 29.5 Å². The van der Waals surface area contributed by atoms with Gasteiger partial charge >= 0.3 is 12.0 Å². The molecule has 4 aromatic rings. The van der Waals surface area contributed by atoms with Crippen molar-refractivity contribution in [3.8, 4) is 0 Å². The lowest BCUT2D eigenvalue weighted by Crippen LogP contribution is -2.41. The van der Waals surface area contributed by atoms with Gasteiger partial charge in [0.05, 0.1) is 17.5 Å². The molecule has 2 aliphatic heterocycles. The molecule has 2 aliphatic rings. The molecule has 0 radical (unpaired) electrons. The second-order valence-electron chi connectivity index (χ2n) is 10.2. The van der Waals surface area contributed by atoms with Crippen LogP contribution in [0.3, 0.4) is 0 Å². The average Bonchev–Trinajstić information content (AvgIpc) is 3.72. The van der Waals surface area contributed by atoms with Gasteiger partial charge in [-0.2, -0.15) is 0 Å². The number of halogens is 1. The van der Waals surface area contributed by atoms with Crippen LogP contribution in [0.2, 0.25) is 0 Å². The van der Waals surface area contributed by atoms with Crippen molar-refractivity contribution in [2.75, 3.05) is 25.5 Å². The Morgan fingerprint density at radius 2 is 1.80 bits per heavy atom. The number of anilines is 1. The van der Waals surface area contributed by atoms with E-state index in [4.69, 9.17) is 14.2 Å². The molecule has 2 fully saturated rings. The molecule has 0 aliphatic carbocycles. The molecule has 6 rings (SSSR count). The molecule has 3 N–H and O–H groups in total.